The summed E-state index contributed by atoms with van der Waals surface area (Å²) in [6.07, 6.45) is 0.887. The standard InChI is InChI=1S/C27H44N2O4SSi/c1-26(2,3)34(30)29-24(23(31-7)20-32-19-21-15-11-10-12-16-21)25(22-17-13-14-18-28-22)33-35(8,9)27(4,5)6/h10-18,23-25,29H,19-20H2,1-9H3/t23-,24-,25?,34-/m1/s1. The average Bonchev–Trinajstić information content (AvgIpc) is 2.79. The Morgan fingerprint density at radius 1 is 1.00 bits per heavy atom. The van der Waals surface area contributed by atoms with Crippen LogP contribution >= 0.6 is 0 Å². The van der Waals surface area contributed by atoms with Crippen LogP contribution in [0.5, 0.6) is 0 Å². The molecule has 1 aromatic carbocycles. The van der Waals surface area contributed by atoms with Crippen molar-refractivity contribution in [3.05, 3.63) is 66.0 Å². The fraction of sp³-hybridized carbons (Fsp3) is 0.593. The van der Waals surface area contributed by atoms with Crippen LogP contribution in [-0.2, 0) is 31.5 Å². The molecule has 196 valence electrons. The van der Waals surface area contributed by atoms with Gasteiger partial charge in [0.15, 0.2) is 8.32 Å². The summed E-state index contributed by atoms with van der Waals surface area (Å²) in [7, 11) is -1.92. The first-order valence-electron chi connectivity index (χ1n) is 12.2. The van der Waals surface area contributed by atoms with Crippen LogP contribution in [0, 0.1) is 0 Å². The summed E-state index contributed by atoms with van der Waals surface area (Å²) in [6.45, 7) is 17.7. The predicted molar refractivity (Wildman–Crippen MR) is 147 cm³/mol. The summed E-state index contributed by atoms with van der Waals surface area (Å²) in [4.78, 5) is 4.64. The van der Waals surface area contributed by atoms with Crippen molar-refractivity contribution in [2.24, 2.45) is 0 Å². The predicted octanol–water partition coefficient (Wildman–Crippen LogP) is 5.80. The van der Waals surface area contributed by atoms with E-state index in [0.29, 0.717) is 13.2 Å². The Morgan fingerprint density at radius 3 is 2.14 bits per heavy atom. The molecule has 1 unspecified atom stereocenters. The summed E-state index contributed by atoms with van der Waals surface area (Å²) in [5.41, 5.74) is 1.87. The fourth-order valence-corrected chi connectivity index (χ4v) is 5.31. The van der Waals surface area contributed by atoms with E-state index in [9.17, 15) is 4.21 Å². The van der Waals surface area contributed by atoms with E-state index in [4.69, 9.17) is 13.9 Å². The van der Waals surface area contributed by atoms with Gasteiger partial charge in [0.25, 0.3) is 0 Å². The number of nitrogens with one attached hydrogen (secondary N) is 1. The van der Waals surface area contributed by atoms with Crippen LogP contribution in [-0.4, -0.2) is 48.1 Å². The van der Waals surface area contributed by atoms with Gasteiger partial charge in [-0.05, 0) is 56.6 Å². The zero-order chi connectivity index (χ0) is 26.3. The Hall–Kier alpha value is -1.42. The van der Waals surface area contributed by atoms with Gasteiger partial charge in [0, 0.05) is 13.3 Å². The molecule has 6 nitrogen and oxygen atoms in total. The molecule has 0 bridgehead atoms. The van der Waals surface area contributed by atoms with E-state index < -0.39 is 42.3 Å². The number of ether oxygens (including phenoxy) is 2. The highest BCUT2D eigenvalue weighted by Gasteiger charge is 2.44. The molecule has 0 aliphatic rings. The molecule has 2 aromatic rings. The van der Waals surface area contributed by atoms with Crippen molar-refractivity contribution in [1.29, 1.82) is 0 Å². The lowest BCUT2D eigenvalue weighted by molar-refractivity contribution is -0.0385. The van der Waals surface area contributed by atoms with Gasteiger partial charge < -0.3 is 13.9 Å². The maximum atomic E-state index is 13.3. The molecular weight excluding hydrogens is 476 g/mol. The topological polar surface area (TPSA) is 69.7 Å². The highest BCUT2D eigenvalue weighted by Crippen LogP contribution is 2.41. The van der Waals surface area contributed by atoms with E-state index in [0.717, 1.165) is 11.3 Å². The largest absolute Gasteiger partial charge is 0.407 e. The van der Waals surface area contributed by atoms with Gasteiger partial charge in [-0.3, -0.25) is 4.98 Å². The Morgan fingerprint density at radius 2 is 1.63 bits per heavy atom. The Labute approximate surface area is 215 Å². The lowest BCUT2D eigenvalue weighted by atomic mass is 10.0. The van der Waals surface area contributed by atoms with Crippen molar-refractivity contribution in [3.63, 3.8) is 0 Å². The number of rotatable bonds is 12. The maximum absolute atomic E-state index is 13.3. The summed E-state index contributed by atoms with van der Waals surface area (Å²) < 4.78 is 35.2. The zero-order valence-electron chi connectivity index (χ0n) is 22.8. The second kappa shape index (κ2) is 12.7. The summed E-state index contributed by atoms with van der Waals surface area (Å²) >= 11 is 0. The number of hydrogen-bond acceptors (Lipinski definition) is 5. The highest BCUT2D eigenvalue weighted by molar-refractivity contribution is 7.84. The van der Waals surface area contributed by atoms with E-state index in [2.05, 4.69) is 43.6 Å². The van der Waals surface area contributed by atoms with Crippen molar-refractivity contribution in [3.8, 4) is 0 Å². The van der Waals surface area contributed by atoms with Crippen LogP contribution in [0.4, 0.5) is 0 Å². The van der Waals surface area contributed by atoms with E-state index in [-0.39, 0.29) is 5.04 Å². The molecular formula is C27H44N2O4SSi. The van der Waals surface area contributed by atoms with Crippen molar-refractivity contribution >= 4 is 19.3 Å². The summed E-state index contributed by atoms with van der Waals surface area (Å²) in [5.74, 6) is 0. The first kappa shape index (κ1) is 29.8. The van der Waals surface area contributed by atoms with E-state index >= 15 is 0 Å². The van der Waals surface area contributed by atoms with Gasteiger partial charge in [0.2, 0.25) is 0 Å². The van der Waals surface area contributed by atoms with Gasteiger partial charge in [-0.25, -0.2) is 8.93 Å². The zero-order valence-corrected chi connectivity index (χ0v) is 24.6. The minimum absolute atomic E-state index is 0.0138. The van der Waals surface area contributed by atoms with Crippen molar-refractivity contribution < 1.29 is 18.1 Å². The summed E-state index contributed by atoms with van der Waals surface area (Å²) in [6, 6.07) is 15.4. The van der Waals surface area contributed by atoms with Gasteiger partial charge in [-0.2, -0.15) is 0 Å². The highest BCUT2D eigenvalue weighted by atomic mass is 32.2. The molecule has 4 atom stereocenters. The third-order valence-electron chi connectivity index (χ3n) is 6.43. The number of pyridine rings is 1. The summed E-state index contributed by atoms with van der Waals surface area (Å²) in [5, 5.41) is -0.0138. The van der Waals surface area contributed by atoms with Crippen molar-refractivity contribution in [1.82, 2.24) is 9.71 Å². The van der Waals surface area contributed by atoms with Crippen LogP contribution < -0.4 is 4.72 Å². The number of methoxy groups -OCH3 is 1. The maximum Gasteiger partial charge on any atom is 0.193 e. The smallest absolute Gasteiger partial charge is 0.193 e. The van der Waals surface area contributed by atoms with Crippen LogP contribution in [0.25, 0.3) is 0 Å². The number of hydrogen-bond donors (Lipinski definition) is 1. The molecule has 0 fully saturated rings. The SMILES string of the molecule is CO[C@H](COCc1ccccc1)[C@@H](N[S@](=O)C(C)(C)C)C(O[Si](C)(C)C(C)(C)C)c1ccccn1. The molecule has 0 saturated carbocycles. The number of nitrogens with zero attached hydrogens (tertiary/aromatic N) is 1. The molecule has 1 N–H and O–H groups in total. The van der Waals surface area contributed by atoms with Crippen molar-refractivity contribution in [2.45, 2.75) is 89.3 Å². The van der Waals surface area contributed by atoms with Crippen LogP contribution in [0.15, 0.2) is 54.7 Å². The monoisotopic (exact) mass is 520 g/mol. The molecule has 0 aliphatic carbocycles. The Bertz CT molecular complexity index is 914. The first-order chi connectivity index (χ1) is 16.3. The second-order valence-electron chi connectivity index (χ2n) is 11.4. The molecule has 35 heavy (non-hydrogen) atoms. The van der Waals surface area contributed by atoms with E-state index in [1.54, 1.807) is 13.3 Å². The third-order valence-corrected chi connectivity index (χ3v) is 12.5. The quantitative estimate of drug-likeness (QED) is 0.358. The van der Waals surface area contributed by atoms with E-state index in [1.165, 1.54) is 0 Å². The van der Waals surface area contributed by atoms with Gasteiger partial charge in [-0.1, -0.05) is 57.2 Å². The molecule has 0 radical (unpaired) electrons. The molecule has 2 rings (SSSR count). The molecule has 1 heterocycles. The Kier molecular flexibility index (Phi) is 10.8. The molecule has 0 saturated heterocycles. The van der Waals surface area contributed by atoms with E-state index in [1.807, 2.05) is 69.3 Å². The molecule has 0 spiro atoms. The van der Waals surface area contributed by atoms with Gasteiger partial charge in [0.05, 0.1) is 46.8 Å². The normalized spacial score (nSPS) is 16.5. The lowest BCUT2D eigenvalue weighted by Gasteiger charge is -2.43. The first-order valence-corrected chi connectivity index (χ1v) is 16.2. The third kappa shape index (κ3) is 8.88. The van der Waals surface area contributed by atoms with Gasteiger partial charge in [-0.15, -0.1) is 0 Å². The fourth-order valence-electron chi connectivity index (χ4n) is 3.17. The molecule has 1 aromatic heterocycles. The Balaban J connectivity index is 2.42. The average molecular weight is 521 g/mol. The lowest BCUT2D eigenvalue weighted by Crippen LogP contribution is -2.54. The van der Waals surface area contributed by atoms with Gasteiger partial charge >= 0.3 is 0 Å². The minimum atomic E-state index is -2.23. The number of benzene rings is 1. The molecule has 0 aliphatic heterocycles. The van der Waals surface area contributed by atoms with Crippen LogP contribution in [0.3, 0.4) is 0 Å². The minimum Gasteiger partial charge on any atom is -0.407 e. The van der Waals surface area contributed by atoms with Crippen LogP contribution in [0.2, 0.25) is 18.1 Å². The van der Waals surface area contributed by atoms with Gasteiger partial charge in [0.1, 0.15) is 6.10 Å². The van der Waals surface area contributed by atoms with Crippen molar-refractivity contribution in [2.75, 3.05) is 13.7 Å². The molecule has 0 amide bonds. The molecule has 8 heteroatoms. The van der Waals surface area contributed by atoms with Crippen LogP contribution in [0.1, 0.15) is 58.9 Å². The second-order valence-corrected chi connectivity index (χ2v) is 18.1. The number of aromatic nitrogens is 1.